The van der Waals surface area contributed by atoms with Gasteiger partial charge in [-0.3, -0.25) is 14.7 Å². The summed E-state index contributed by atoms with van der Waals surface area (Å²) in [7, 11) is 0. The average molecular weight is 276 g/mol. The quantitative estimate of drug-likeness (QED) is 0.532. The monoisotopic (exact) mass is 275 g/mol. The largest absolute Gasteiger partial charge is 0.299 e. The first-order valence-electron chi connectivity index (χ1n) is 5.42. The van der Waals surface area contributed by atoms with Gasteiger partial charge in [0.25, 0.3) is 5.69 Å². The summed E-state index contributed by atoms with van der Waals surface area (Å²) in [4.78, 5) is 14.5. The molecule has 0 radical (unpaired) electrons. The number of fused-ring (bicyclic) bond motifs is 1. The summed E-state index contributed by atoms with van der Waals surface area (Å²) in [6, 6.07) is 14.4. The fraction of sp³-hybridized carbons (Fsp3) is 0. The van der Waals surface area contributed by atoms with E-state index in [1.165, 1.54) is 12.1 Å². The standard InChI is InChI=1S/C13H9N3O2.ClH/c17-16(18)11-6-7-13-12(8-11)14-9-15(13)10-4-2-1-3-5-10;/h1-9H;1H. The summed E-state index contributed by atoms with van der Waals surface area (Å²) >= 11 is 0. The lowest BCUT2D eigenvalue weighted by Crippen LogP contribution is -1.91. The van der Waals surface area contributed by atoms with Crippen LogP contribution in [0.2, 0.25) is 0 Å². The first kappa shape index (κ1) is 13.0. The fourth-order valence-electron chi connectivity index (χ4n) is 1.91. The molecule has 6 heteroatoms. The van der Waals surface area contributed by atoms with Crippen molar-refractivity contribution in [2.75, 3.05) is 0 Å². The Labute approximate surface area is 115 Å². The van der Waals surface area contributed by atoms with Gasteiger partial charge in [-0.25, -0.2) is 4.98 Å². The Morgan fingerprint density at radius 3 is 2.53 bits per heavy atom. The first-order chi connectivity index (χ1) is 8.75. The third-order valence-electron chi connectivity index (χ3n) is 2.78. The van der Waals surface area contributed by atoms with Crippen molar-refractivity contribution >= 4 is 29.1 Å². The van der Waals surface area contributed by atoms with Gasteiger partial charge >= 0.3 is 0 Å². The Kier molecular flexibility index (Phi) is 3.48. The molecular formula is C13H10ClN3O2. The Morgan fingerprint density at radius 1 is 1.11 bits per heavy atom. The van der Waals surface area contributed by atoms with E-state index in [0.29, 0.717) is 5.52 Å². The molecule has 0 aliphatic heterocycles. The molecule has 96 valence electrons. The van der Waals surface area contributed by atoms with Crippen molar-refractivity contribution in [2.45, 2.75) is 0 Å². The number of hydrogen-bond acceptors (Lipinski definition) is 3. The van der Waals surface area contributed by atoms with E-state index in [-0.39, 0.29) is 18.1 Å². The molecule has 0 saturated carbocycles. The minimum Gasteiger partial charge on any atom is -0.299 e. The van der Waals surface area contributed by atoms with Gasteiger partial charge < -0.3 is 0 Å². The van der Waals surface area contributed by atoms with Crippen LogP contribution in [0.4, 0.5) is 5.69 Å². The maximum Gasteiger partial charge on any atom is 0.271 e. The number of hydrogen-bond donors (Lipinski definition) is 0. The summed E-state index contributed by atoms with van der Waals surface area (Å²) < 4.78 is 1.90. The van der Waals surface area contributed by atoms with Gasteiger partial charge in [0.05, 0.1) is 16.0 Å². The molecule has 0 atom stereocenters. The molecule has 0 bridgehead atoms. The SMILES string of the molecule is Cl.O=[N+]([O-])c1ccc2c(c1)ncn2-c1ccccc1. The number of imidazole rings is 1. The zero-order valence-corrected chi connectivity index (χ0v) is 10.6. The summed E-state index contributed by atoms with van der Waals surface area (Å²) in [5.41, 5.74) is 2.51. The molecule has 1 heterocycles. The average Bonchev–Trinajstić information content (AvgIpc) is 2.82. The Morgan fingerprint density at radius 2 is 1.84 bits per heavy atom. The number of halogens is 1. The predicted molar refractivity (Wildman–Crippen MR) is 75.0 cm³/mol. The van der Waals surface area contributed by atoms with Gasteiger partial charge in [-0.2, -0.15) is 0 Å². The number of nitrogens with zero attached hydrogens (tertiary/aromatic N) is 3. The smallest absolute Gasteiger partial charge is 0.271 e. The summed E-state index contributed by atoms with van der Waals surface area (Å²) in [5.74, 6) is 0. The van der Waals surface area contributed by atoms with Crippen molar-refractivity contribution in [2.24, 2.45) is 0 Å². The Hall–Kier alpha value is -2.40. The Bertz CT molecular complexity index is 725. The molecule has 0 amide bonds. The van der Waals surface area contributed by atoms with Crippen LogP contribution in [-0.2, 0) is 0 Å². The molecule has 3 aromatic rings. The number of para-hydroxylation sites is 1. The van der Waals surface area contributed by atoms with Gasteiger partial charge in [0.2, 0.25) is 0 Å². The van der Waals surface area contributed by atoms with E-state index in [1.54, 1.807) is 12.4 Å². The number of rotatable bonds is 2. The molecule has 0 N–H and O–H groups in total. The minimum absolute atomic E-state index is 0. The van der Waals surface area contributed by atoms with Crippen LogP contribution < -0.4 is 0 Å². The van der Waals surface area contributed by atoms with E-state index in [0.717, 1.165) is 11.2 Å². The van der Waals surface area contributed by atoms with Crippen LogP contribution in [0, 0.1) is 10.1 Å². The highest BCUT2D eigenvalue weighted by Crippen LogP contribution is 2.22. The lowest BCUT2D eigenvalue weighted by Gasteiger charge is -2.02. The number of nitro groups is 1. The van der Waals surface area contributed by atoms with Crippen molar-refractivity contribution < 1.29 is 4.92 Å². The third-order valence-corrected chi connectivity index (χ3v) is 2.78. The third kappa shape index (κ3) is 2.28. The predicted octanol–water partition coefficient (Wildman–Crippen LogP) is 3.36. The van der Waals surface area contributed by atoms with Crippen LogP contribution in [0.5, 0.6) is 0 Å². The van der Waals surface area contributed by atoms with Crippen LogP contribution in [0.3, 0.4) is 0 Å². The molecule has 19 heavy (non-hydrogen) atoms. The molecule has 3 rings (SSSR count). The molecular weight excluding hydrogens is 266 g/mol. The van der Waals surface area contributed by atoms with Crippen molar-refractivity contribution in [1.29, 1.82) is 0 Å². The maximum absolute atomic E-state index is 10.7. The lowest BCUT2D eigenvalue weighted by atomic mass is 10.2. The molecule has 2 aromatic carbocycles. The summed E-state index contributed by atoms with van der Waals surface area (Å²) in [5, 5.41) is 10.7. The summed E-state index contributed by atoms with van der Waals surface area (Å²) in [6.07, 6.45) is 1.67. The second-order valence-electron chi connectivity index (χ2n) is 3.88. The number of nitro benzene ring substituents is 1. The van der Waals surface area contributed by atoms with Crippen LogP contribution >= 0.6 is 12.4 Å². The van der Waals surface area contributed by atoms with Gasteiger partial charge in [-0.1, -0.05) is 18.2 Å². The van der Waals surface area contributed by atoms with Crippen LogP contribution in [0.15, 0.2) is 54.9 Å². The van der Waals surface area contributed by atoms with Crippen molar-refractivity contribution in [3.8, 4) is 5.69 Å². The minimum atomic E-state index is -0.416. The van der Waals surface area contributed by atoms with E-state index in [9.17, 15) is 10.1 Å². The highest BCUT2D eigenvalue weighted by molar-refractivity contribution is 5.85. The van der Waals surface area contributed by atoms with E-state index in [1.807, 2.05) is 34.9 Å². The van der Waals surface area contributed by atoms with Crippen LogP contribution in [0.25, 0.3) is 16.7 Å². The highest BCUT2D eigenvalue weighted by Gasteiger charge is 2.10. The van der Waals surface area contributed by atoms with Gasteiger partial charge in [0.1, 0.15) is 6.33 Å². The van der Waals surface area contributed by atoms with E-state index in [2.05, 4.69) is 4.98 Å². The molecule has 5 nitrogen and oxygen atoms in total. The molecule has 0 aliphatic carbocycles. The second-order valence-corrected chi connectivity index (χ2v) is 3.88. The molecule has 0 spiro atoms. The van der Waals surface area contributed by atoms with Crippen molar-refractivity contribution in [3.05, 3.63) is 65.0 Å². The molecule has 0 unspecified atom stereocenters. The molecule has 0 fully saturated rings. The fourth-order valence-corrected chi connectivity index (χ4v) is 1.91. The van der Waals surface area contributed by atoms with Crippen LogP contribution in [0.1, 0.15) is 0 Å². The van der Waals surface area contributed by atoms with Gasteiger partial charge in [0.15, 0.2) is 0 Å². The molecule has 0 aliphatic rings. The van der Waals surface area contributed by atoms with E-state index in [4.69, 9.17) is 0 Å². The zero-order chi connectivity index (χ0) is 12.5. The van der Waals surface area contributed by atoms with Gasteiger partial charge in [-0.05, 0) is 18.2 Å². The van der Waals surface area contributed by atoms with E-state index < -0.39 is 4.92 Å². The highest BCUT2D eigenvalue weighted by atomic mass is 35.5. The van der Waals surface area contributed by atoms with Crippen molar-refractivity contribution in [1.82, 2.24) is 9.55 Å². The number of benzene rings is 2. The van der Waals surface area contributed by atoms with Gasteiger partial charge in [0, 0.05) is 17.8 Å². The Balaban J connectivity index is 0.00000133. The number of aromatic nitrogens is 2. The second kappa shape index (κ2) is 5.07. The summed E-state index contributed by atoms with van der Waals surface area (Å²) in [6.45, 7) is 0. The first-order valence-corrected chi connectivity index (χ1v) is 5.42. The topological polar surface area (TPSA) is 61.0 Å². The molecule has 0 saturated heterocycles. The van der Waals surface area contributed by atoms with Crippen LogP contribution in [-0.4, -0.2) is 14.5 Å². The normalized spacial score (nSPS) is 10.1. The zero-order valence-electron chi connectivity index (χ0n) is 9.76. The van der Waals surface area contributed by atoms with Crippen molar-refractivity contribution in [3.63, 3.8) is 0 Å². The number of non-ortho nitro benzene ring substituents is 1. The lowest BCUT2D eigenvalue weighted by molar-refractivity contribution is -0.384. The maximum atomic E-state index is 10.7. The van der Waals surface area contributed by atoms with Gasteiger partial charge in [-0.15, -0.1) is 12.4 Å². The van der Waals surface area contributed by atoms with E-state index >= 15 is 0 Å². The molecule has 1 aromatic heterocycles.